The normalized spacial score (nSPS) is 15.0. The van der Waals surface area contributed by atoms with Gasteiger partial charge in [-0.2, -0.15) is 0 Å². The van der Waals surface area contributed by atoms with E-state index in [-0.39, 0.29) is 10.8 Å². The summed E-state index contributed by atoms with van der Waals surface area (Å²) in [5.41, 5.74) is 3.15. The van der Waals surface area contributed by atoms with E-state index in [1.807, 2.05) is 60.7 Å². The van der Waals surface area contributed by atoms with Crippen molar-refractivity contribution in [3.05, 3.63) is 132 Å². The van der Waals surface area contributed by atoms with Gasteiger partial charge in [0, 0.05) is 24.0 Å². The second-order valence-corrected chi connectivity index (χ2v) is 17.1. The van der Waals surface area contributed by atoms with Crippen molar-refractivity contribution < 1.29 is 47.5 Å². The van der Waals surface area contributed by atoms with E-state index in [9.17, 15) is 9.59 Å². The lowest BCUT2D eigenvalue weighted by molar-refractivity contribution is -0.150. The van der Waals surface area contributed by atoms with E-state index in [1.165, 1.54) is 0 Å². The third-order valence-electron chi connectivity index (χ3n) is 12.5. The quantitative estimate of drug-likeness (QED) is 0.0351. The first-order chi connectivity index (χ1) is 31.3. The van der Waals surface area contributed by atoms with Crippen molar-refractivity contribution >= 4 is 33.5 Å². The average Bonchev–Trinajstić information content (AvgIpc) is 3.30. The Kier molecular flexibility index (Phi) is 14.9. The Bertz CT molecular complexity index is 2300. The number of carbonyl (C=O) groups is 2. The van der Waals surface area contributed by atoms with E-state index in [1.54, 1.807) is 60.7 Å². The summed E-state index contributed by atoms with van der Waals surface area (Å²) in [5, 5.41) is 3.81. The summed E-state index contributed by atoms with van der Waals surface area (Å²) in [5.74, 6) is 1.33. The van der Waals surface area contributed by atoms with Crippen LogP contribution in [0.5, 0.6) is 23.0 Å². The lowest BCUT2D eigenvalue weighted by Crippen LogP contribution is -2.45. The van der Waals surface area contributed by atoms with Crippen LogP contribution in [0.4, 0.5) is 0 Å². The van der Waals surface area contributed by atoms with Crippen LogP contribution in [-0.4, -0.2) is 78.0 Å². The van der Waals surface area contributed by atoms with Crippen LogP contribution in [-0.2, 0) is 18.9 Å². The fourth-order valence-corrected chi connectivity index (χ4v) is 7.94. The molecular formula is C54H58O10. The van der Waals surface area contributed by atoms with Crippen LogP contribution in [0.1, 0.15) is 73.1 Å². The molecule has 0 radical (unpaired) electrons. The molecule has 2 saturated heterocycles. The summed E-state index contributed by atoms with van der Waals surface area (Å²) in [4.78, 5) is 26.6. The fourth-order valence-electron chi connectivity index (χ4n) is 7.94. The first-order valence-electron chi connectivity index (χ1n) is 22.6. The number of rotatable bonds is 23. The van der Waals surface area contributed by atoms with Crippen LogP contribution in [0.3, 0.4) is 0 Å². The van der Waals surface area contributed by atoms with Gasteiger partial charge in [-0.25, -0.2) is 9.59 Å². The molecule has 2 aliphatic rings. The molecule has 0 spiro atoms. The van der Waals surface area contributed by atoms with Gasteiger partial charge in [-0.15, -0.1) is 0 Å². The maximum atomic E-state index is 13.3. The van der Waals surface area contributed by atoms with Crippen molar-refractivity contribution in [1.82, 2.24) is 0 Å². The van der Waals surface area contributed by atoms with Crippen LogP contribution in [0.25, 0.3) is 32.7 Å². The molecule has 8 rings (SSSR count). The Morgan fingerprint density at radius 2 is 0.875 bits per heavy atom. The third kappa shape index (κ3) is 11.1. The van der Waals surface area contributed by atoms with Gasteiger partial charge in [-0.1, -0.05) is 62.4 Å². The summed E-state index contributed by atoms with van der Waals surface area (Å²) in [6, 6.07) is 37.5. The van der Waals surface area contributed by atoms with Gasteiger partial charge in [-0.3, -0.25) is 0 Å². The summed E-state index contributed by atoms with van der Waals surface area (Å²) >= 11 is 0. The maximum absolute atomic E-state index is 13.3. The Morgan fingerprint density at radius 1 is 0.484 bits per heavy atom. The van der Waals surface area contributed by atoms with Gasteiger partial charge in [-0.05, 0) is 144 Å². The fraction of sp³-hybridized carbons (Fsp3) is 0.370. The van der Waals surface area contributed by atoms with Gasteiger partial charge in [0.1, 0.15) is 23.0 Å². The van der Waals surface area contributed by atoms with Gasteiger partial charge in [0.2, 0.25) is 0 Å². The molecule has 334 valence electrons. The second-order valence-electron chi connectivity index (χ2n) is 17.1. The maximum Gasteiger partial charge on any atom is 0.343 e. The number of hydrogen-bond acceptors (Lipinski definition) is 10. The molecule has 0 N–H and O–H groups in total. The molecule has 2 fully saturated rings. The second kappa shape index (κ2) is 21.3. The highest BCUT2D eigenvalue weighted by molar-refractivity contribution is 6.06. The molecule has 0 aliphatic carbocycles. The summed E-state index contributed by atoms with van der Waals surface area (Å²) < 4.78 is 46.2. The zero-order valence-electron chi connectivity index (χ0n) is 36.9. The minimum absolute atomic E-state index is 0.203. The number of benzene rings is 6. The number of carbonyl (C=O) groups excluding carboxylic acids is 2. The molecule has 6 aromatic carbocycles. The summed E-state index contributed by atoms with van der Waals surface area (Å²) in [6.45, 7) is 11.6. The molecule has 0 saturated carbocycles. The molecule has 64 heavy (non-hydrogen) atoms. The van der Waals surface area contributed by atoms with Gasteiger partial charge in [0.15, 0.2) is 0 Å². The first-order valence-corrected chi connectivity index (χ1v) is 22.6. The average molecular weight is 867 g/mol. The SMILES string of the molecule is CCC1(COCCCCOc2ccc(C(=O)Oc3ccc4cccc(-c5cccc6ccc(OC(=O)c7ccc(OCCCCOCC8(CC)COC8)cc7)cc56)c4c3)cc2)COC1. The predicted octanol–water partition coefficient (Wildman–Crippen LogP) is 11.3. The van der Waals surface area contributed by atoms with Crippen molar-refractivity contribution in [3.8, 4) is 34.1 Å². The van der Waals surface area contributed by atoms with Gasteiger partial charge >= 0.3 is 11.9 Å². The molecule has 10 heteroatoms. The van der Waals surface area contributed by atoms with Crippen molar-refractivity contribution in [2.75, 3.05) is 66.1 Å². The number of ether oxygens (including phenoxy) is 8. The van der Waals surface area contributed by atoms with Crippen LogP contribution in [0.2, 0.25) is 0 Å². The smallest absolute Gasteiger partial charge is 0.343 e. The minimum atomic E-state index is -0.460. The molecular weight excluding hydrogens is 809 g/mol. The molecule has 2 aliphatic heterocycles. The van der Waals surface area contributed by atoms with Crippen molar-refractivity contribution in [2.45, 2.75) is 52.4 Å². The van der Waals surface area contributed by atoms with E-state index in [0.29, 0.717) is 60.6 Å². The van der Waals surface area contributed by atoms with Crippen LogP contribution in [0.15, 0.2) is 121 Å². The number of esters is 2. The summed E-state index contributed by atoms with van der Waals surface area (Å²) in [7, 11) is 0. The standard InChI is InChI=1S/C54H58O10/c1-3-53(35-59-36-53)33-57-27-5-7-29-61-43-21-17-41(18-22-43)51(55)63-45-25-15-39-11-9-13-47(49(39)31-45)48-14-10-12-40-16-26-46(32-50(40)48)64-52(56)42-19-23-44(24-20-42)62-30-8-6-28-58-34-54(4-2)37-60-38-54/h9-26,31-32H,3-8,27-30,33-38H2,1-2H3. The lowest BCUT2D eigenvalue weighted by atomic mass is 9.84. The number of unbranched alkanes of at least 4 members (excludes halogenated alkanes) is 2. The zero-order chi connectivity index (χ0) is 44.2. The number of fused-ring (bicyclic) bond motifs is 2. The Labute approximate surface area is 375 Å². The van der Waals surface area contributed by atoms with E-state index in [2.05, 4.69) is 13.8 Å². The van der Waals surface area contributed by atoms with Crippen LogP contribution in [0, 0.1) is 10.8 Å². The van der Waals surface area contributed by atoms with E-state index >= 15 is 0 Å². The van der Waals surface area contributed by atoms with E-state index in [4.69, 9.17) is 37.9 Å². The van der Waals surface area contributed by atoms with Gasteiger partial charge < -0.3 is 37.9 Å². The van der Waals surface area contributed by atoms with Crippen molar-refractivity contribution in [3.63, 3.8) is 0 Å². The summed E-state index contributed by atoms with van der Waals surface area (Å²) in [6.07, 6.45) is 5.72. The van der Waals surface area contributed by atoms with Crippen molar-refractivity contribution in [2.24, 2.45) is 10.8 Å². The highest BCUT2D eigenvalue weighted by Crippen LogP contribution is 2.37. The number of hydrogen-bond donors (Lipinski definition) is 0. The van der Waals surface area contributed by atoms with Crippen LogP contribution < -0.4 is 18.9 Å². The topological polar surface area (TPSA) is 108 Å². The minimum Gasteiger partial charge on any atom is -0.494 e. The zero-order valence-corrected chi connectivity index (χ0v) is 36.9. The predicted molar refractivity (Wildman–Crippen MR) is 248 cm³/mol. The van der Waals surface area contributed by atoms with Gasteiger partial charge in [0.25, 0.3) is 0 Å². The Hall–Kier alpha value is -5.78. The molecule has 0 amide bonds. The molecule has 0 bridgehead atoms. The third-order valence-corrected chi connectivity index (χ3v) is 12.5. The monoisotopic (exact) mass is 866 g/mol. The molecule has 6 aromatic rings. The van der Waals surface area contributed by atoms with E-state index < -0.39 is 11.9 Å². The molecule has 0 atom stereocenters. The highest BCUT2D eigenvalue weighted by atomic mass is 16.5. The first kappa shape index (κ1) is 44.8. The van der Waals surface area contributed by atoms with Gasteiger partial charge in [0.05, 0.1) is 64.0 Å². The largest absolute Gasteiger partial charge is 0.494 e. The lowest BCUT2D eigenvalue weighted by Gasteiger charge is -2.40. The molecule has 0 unspecified atom stereocenters. The molecule has 0 aromatic heterocycles. The van der Waals surface area contributed by atoms with Crippen LogP contribution >= 0.6 is 0 Å². The van der Waals surface area contributed by atoms with Crippen molar-refractivity contribution in [1.29, 1.82) is 0 Å². The van der Waals surface area contributed by atoms with E-state index in [0.717, 1.165) is 111 Å². The molecule has 10 nitrogen and oxygen atoms in total. The highest BCUT2D eigenvalue weighted by Gasteiger charge is 2.37. The Morgan fingerprint density at radius 3 is 1.25 bits per heavy atom. The molecule has 2 heterocycles. The Balaban J connectivity index is 0.845.